The number of ether oxygens (including phenoxy) is 1. The second-order valence-electron chi connectivity index (χ2n) is 7.08. The molecule has 31 heavy (non-hydrogen) atoms. The highest BCUT2D eigenvalue weighted by Crippen LogP contribution is 2.31. The Bertz CT molecular complexity index is 1120. The SMILES string of the molecule is CC[C@@]1(c2ccccc2)NC(=O)N(NC(=O)c2cccc(Oc3ccccc3)c2)C1=O. The van der Waals surface area contributed by atoms with Gasteiger partial charge in [-0.1, -0.05) is 61.5 Å². The topological polar surface area (TPSA) is 87.7 Å². The fraction of sp³-hybridized carbons (Fsp3) is 0.125. The van der Waals surface area contributed by atoms with Gasteiger partial charge in [0.25, 0.3) is 11.8 Å². The van der Waals surface area contributed by atoms with E-state index in [0.29, 0.717) is 23.5 Å². The molecule has 3 aromatic carbocycles. The summed E-state index contributed by atoms with van der Waals surface area (Å²) in [4.78, 5) is 38.5. The van der Waals surface area contributed by atoms with E-state index in [0.717, 1.165) is 5.01 Å². The van der Waals surface area contributed by atoms with Gasteiger partial charge >= 0.3 is 6.03 Å². The number of carbonyl (C=O) groups is 3. The van der Waals surface area contributed by atoms with Crippen molar-refractivity contribution in [1.29, 1.82) is 0 Å². The van der Waals surface area contributed by atoms with Crippen molar-refractivity contribution in [2.45, 2.75) is 18.9 Å². The molecule has 0 spiro atoms. The molecule has 156 valence electrons. The number of nitrogens with zero attached hydrogens (tertiary/aromatic N) is 1. The Kier molecular flexibility index (Phi) is 5.41. The van der Waals surface area contributed by atoms with Gasteiger partial charge in [-0.25, -0.2) is 4.79 Å². The molecule has 0 saturated carbocycles. The first-order chi connectivity index (χ1) is 15.0. The van der Waals surface area contributed by atoms with Crippen LogP contribution in [0.3, 0.4) is 0 Å². The zero-order valence-electron chi connectivity index (χ0n) is 16.9. The van der Waals surface area contributed by atoms with Crippen LogP contribution in [0.15, 0.2) is 84.9 Å². The molecule has 1 aliphatic heterocycles. The lowest BCUT2D eigenvalue weighted by molar-refractivity contribution is -0.133. The van der Waals surface area contributed by atoms with E-state index in [2.05, 4.69) is 10.7 Å². The van der Waals surface area contributed by atoms with Crippen LogP contribution in [0.25, 0.3) is 0 Å². The molecule has 0 aromatic heterocycles. The number of rotatable bonds is 6. The molecule has 7 heteroatoms. The van der Waals surface area contributed by atoms with Gasteiger partial charge in [-0.15, -0.1) is 0 Å². The van der Waals surface area contributed by atoms with Crippen LogP contribution in [0, 0.1) is 0 Å². The monoisotopic (exact) mass is 415 g/mol. The van der Waals surface area contributed by atoms with Crippen LogP contribution in [0.2, 0.25) is 0 Å². The zero-order valence-corrected chi connectivity index (χ0v) is 16.9. The first kappa shape index (κ1) is 20.2. The fourth-order valence-electron chi connectivity index (χ4n) is 3.53. The maximum Gasteiger partial charge on any atom is 0.344 e. The molecule has 0 bridgehead atoms. The van der Waals surface area contributed by atoms with Gasteiger partial charge in [0.05, 0.1) is 0 Å². The number of imide groups is 1. The molecular weight excluding hydrogens is 394 g/mol. The predicted octanol–water partition coefficient (Wildman–Crippen LogP) is 3.98. The molecule has 1 aliphatic rings. The highest BCUT2D eigenvalue weighted by molar-refractivity contribution is 6.09. The minimum absolute atomic E-state index is 0.253. The third-order valence-corrected chi connectivity index (χ3v) is 5.18. The fourth-order valence-corrected chi connectivity index (χ4v) is 3.53. The van der Waals surface area contributed by atoms with Gasteiger partial charge in [-0.05, 0) is 42.3 Å². The van der Waals surface area contributed by atoms with Gasteiger partial charge in [0, 0.05) is 5.56 Å². The maximum absolute atomic E-state index is 13.1. The van der Waals surface area contributed by atoms with Gasteiger partial charge in [-0.2, -0.15) is 5.01 Å². The van der Waals surface area contributed by atoms with E-state index in [1.54, 1.807) is 67.6 Å². The van der Waals surface area contributed by atoms with Crippen LogP contribution in [0.1, 0.15) is 29.3 Å². The molecule has 4 amide bonds. The van der Waals surface area contributed by atoms with Crippen LogP contribution in [-0.4, -0.2) is 22.9 Å². The van der Waals surface area contributed by atoms with E-state index in [9.17, 15) is 14.4 Å². The molecule has 0 radical (unpaired) electrons. The molecule has 1 fully saturated rings. The van der Waals surface area contributed by atoms with Crippen molar-refractivity contribution in [2.24, 2.45) is 0 Å². The first-order valence-electron chi connectivity index (χ1n) is 9.89. The molecule has 1 atom stereocenters. The largest absolute Gasteiger partial charge is 0.457 e. The van der Waals surface area contributed by atoms with Crippen molar-refractivity contribution >= 4 is 17.8 Å². The zero-order chi connectivity index (χ0) is 21.8. The van der Waals surface area contributed by atoms with E-state index in [-0.39, 0.29) is 5.56 Å². The highest BCUT2D eigenvalue weighted by Gasteiger charge is 2.52. The van der Waals surface area contributed by atoms with Crippen LogP contribution in [0.4, 0.5) is 4.79 Å². The van der Waals surface area contributed by atoms with E-state index >= 15 is 0 Å². The quantitative estimate of drug-likeness (QED) is 0.596. The van der Waals surface area contributed by atoms with Crippen molar-refractivity contribution < 1.29 is 19.1 Å². The van der Waals surface area contributed by atoms with Crippen LogP contribution >= 0.6 is 0 Å². The Hall–Kier alpha value is -4.13. The summed E-state index contributed by atoms with van der Waals surface area (Å²) in [5.74, 6) is -0.0359. The number of hydrogen-bond acceptors (Lipinski definition) is 4. The number of urea groups is 1. The Morgan fingerprint density at radius 2 is 1.58 bits per heavy atom. The Morgan fingerprint density at radius 1 is 0.935 bits per heavy atom. The molecule has 7 nitrogen and oxygen atoms in total. The number of amides is 4. The summed E-state index contributed by atoms with van der Waals surface area (Å²) in [6.45, 7) is 1.81. The number of hydrazine groups is 1. The summed E-state index contributed by atoms with van der Waals surface area (Å²) < 4.78 is 5.75. The Morgan fingerprint density at radius 3 is 2.26 bits per heavy atom. The van der Waals surface area contributed by atoms with Crippen LogP contribution < -0.4 is 15.5 Å². The Balaban J connectivity index is 1.53. The molecule has 1 heterocycles. The predicted molar refractivity (Wildman–Crippen MR) is 114 cm³/mol. The number of carbonyl (C=O) groups excluding carboxylic acids is 3. The number of benzene rings is 3. The van der Waals surface area contributed by atoms with Crippen molar-refractivity contribution in [3.8, 4) is 11.5 Å². The van der Waals surface area contributed by atoms with Crippen LogP contribution in [-0.2, 0) is 10.3 Å². The highest BCUT2D eigenvalue weighted by atomic mass is 16.5. The third-order valence-electron chi connectivity index (χ3n) is 5.18. The normalized spacial score (nSPS) is 17.9. The van der Waals surface area contributed by atoms with Gasteiger partial charge in [0.15, 0.2) is 0 Å². The van der Waals surface area contributed by atoms with Crippen molar-refractivity contribution in [3.63, 3.8) is 0 Å². The van der Waals surface area contributed by atoms with Crippen LogP contribution in [0.5, 0.6) is 11.5 Å². The second kappa shape index (κ2) is 8.31. The summed E-state index contributed by atoms with van der Waals surface area (Å²) in [5.41, 5.74) is 2.11. The van der Waals surface area contributed by atoms with Crippen molar-refractivity contribution in [2.75, 3.05) is 0 Å². The average Bonchev–Trinajstić information content (AvgIpc) is 3.05. The minimum atomic E-state index is -1.22. The minimum Gasteiger partial charge on any atom is -0.457 e. The molecule has 0 aliphatic carbocycles. The smallest absolute Gasteiger partial charge is 0.344 e. The van der Waals surface area contributed by atoms with E-state index in [4.69, 9.17) is 4.74 Å². The number of hydrogen-bond donors (Lipinski definition) is 2. The van der Waals surface area contributed by atoms with Gasteiger partial charge in [0.1, 0.15) is 17.0 Å². The number of para-hydroxylation sites is 1. The lowest BCUT2D eigenvalue weighted by Gasteiger charge is -2.25. The molecule has 4 rings (SSSR count). The van der Waals surface area contributed by atoms with Gasteiger partial charge < -0.3 is 10.1 Å². The molecule has 1 saturated heterocycles. The third kappa shape index (κ3) is 3.85. The number of nitrogens with one attached hydrogen (secondary N) is 2. The summed E-state index contributed by atoms with van der Waals surface area (Å²) in [7, 11) is 0. The summed E-state index contributed by atoms with van der Waals surface area (Å²) in [5, 5.41) is 3.47. The first-order valence-corrected chi connectivity index (χ1v) is 9.89. The lowest BCUT2D eigenvalue weighted by atomic mass is 9.87. The summed E-state index contributed by atoms with van der Waals surface area (Å²) in [6.07, 6.45) is 0.342. The molecule has 3 aromatic rings. The summed E-state index contributed by atoms with van der Waals surface area (Å²) in [6, 6.07) is 24.0. The van der Waals surface area contributed by atoms with Gasteiger partial charge in [-0.3, -0.25) is 15.0 Å². The van der Waals surface area contributed by atoms with E-state index in [1.807, 2.05) is 24.3 Å². The van der Waals surface area contributed by atoms with Crippen molar-refractivity contribution in [3.05, 3.63) is 96.1 Å². The Labute approximate surface area is 179 Å². The second-order valence-corrected chi connectivity index (χ2v) is 7.08. The maximum atomic E-state index is 13.1. The molecule has 0 unspecified atom stereocenters. The van der Waals surface area contributed by atoms with Crippen molar-refractivity contribution in [1.82, 2.24) is 15.8 Å². The van der Waals surface area contributed by atoms with E-state index in [1.165, 1.54) is 0 Å². The standard InChI is InChI=1S/C24H21N3O4/c1-2-24(18-11-5-3-6-12-18)22(29)27(23(30)25-24)26-21(28)17-10-9-15-20(16-17)31-19-13-7-4-8-14-19/h3-16H,2H2,1H3,(H,25,30)(H,26,28)/t24-/m0/s1. The summed E-state index contributed by atoms with van der Waals surface area (Å²) >= 11 is 0. The lowest BCUT2D eigenvalue weighted by Crippen LogP contribution is -2.48. The van der Waals surface area contributed by atoms with Gasteiger partial charge in [0.2, 0.25) is 0 Å². The average molecular weight is 415 g/mol. The molecule has 2 N–H and O–H groups in total. The molecular formula is C24H21N3O4. The van der Waals surface area contributed by atoms with E-state index < -0.39 is 23.4 Å².